The van der Waals surface area contributed by atoms with E-state index in [1.807, 2.05) is 25.1 Å². The summed E-state index contributed by atoms with van der Waals surface area (Å²) in [6.45, 7) is 2.28. The second-order valence-corrected chi connectivity index (χ2v) is 4.40. The summed E-state index contributed by atoms with van der Waals surface area (Å²) in [6.07, 6.45) is 0.863. The van der Waals surface area contributed by atoms with Gasteiger partial charge in [-0.25, -0.2) is 4.98 Å². The Morgan fingerprint density at radius 3 is 3.13 bits per heavy atom. The monoisotopic (exact) mass is 269 g/mol. The Hall–Kier alpha value is -0.900. The fraction of sp³-hybridized carbons (Fsp3) is 0.455. The molecule has 0 radical (unpaired) electrons. The lowest BCUT2D eigenvalue weighted by atomic mass is 10.2. The third kappa shape index (κ3) is 2.37. The number of halogens is 1. The van der Waals surface area contributed by atoms with Crippen LogP contribution in [-0.2, 0) is 9.53 Å². The zero-order valence-corrected chi connectivity index (χ0v) is 10.0. The van der Waals surface area contributed by atoms with E-state index in [0.717, 1.165) is 16.7 Å². The molecule has 0 saturated heterocycles. The molecule has 1 heterocycles. The summed E-state index contributed by atoms with van der Waals surface area (Å²) in [5.74, 6) is 0.178. The van der Waals surface area contributed by atoms with E-state index in [1.54, 1.807) is 0 Å². The Labute approximate surface area is 97.0 Å². The average Bonchev–Trinajstić information content (AvgIpc) is 2.97. The zero-order chi connectivity index (χ0) is 10.8. The Bertz CT molecular complexity index is 381. The summed E-state index contributed by atoms with van der Waals surface area (Å²) in [5.41, 5.74) is 0.974. The highest BCUT2D eigenvalue weighted by molar-refractivity contribution is 9.10. The Morgan fingerprint density at radius 2 is 2.47 bits per heavy atom. The molecule has 0 amide bonds. The number of hydrogen-bond donors (Lipinski definition) is 0. The van der Waals surface area contributed by atoms with Crippen molar-refractivity contribution >= 4 is 21.9 Å². The van der Waals surface area contributed by atoms with Crippen LogP contribution in [0.4, 0.5) is 0 Å². The molecule has 0 aliphatic heterocycles. The summed E-state index contributed by atoms with van der Waals surface area (Å²) >= 11 is 3.32. The lowest BCUT2D eigenvalue weighted by molar-refractivity contribution is -0.144. The van der Waals surface area contributed by atoms with Crippen LogP contribution < -0.4 is 0 Å². The lowest BCUT2D eigenvalue weighted by Gasteiger charge is -2.01. The highest BCUT2D eigenvalue weighted by Gasteiger charge is 2.46. The van der Waals surface area contributed by atoms with Crippen LogP contribution in [0.5, 0.6) is 0 Å². The van der Waals surface area contributed by atoms with Gasteiger partial charge in [0.1, 0.15) is 4.60 Å². The van der Waals surface area contributed by atoms with Crippen molar-refractivity contribution in [3.63, 3.8) is 0 Å². The van der Waals surface area contributed by atoms with Crippen molar-refractivity contribution in [1.82, 2.24) is 4.98 Å². The molecule has 1 aromatic heterocycles. The third-order valence-corrected chi connectivity index (χ3v) is 2.94. The summed E-state index contributed by atoms with van der Waals surface area (Å²) in [5, 5.41) is 0. The van der Waals surface area contributed by atoms with E-state index in [-0.39, 0.29) is 17.8 Å². The molecule has 0 aromatic carbocycles. The van der Waals surface area contributed by atoms with Crippen LogP contribution >= 0.6 is 15.9 Å². The molecule has 4 heteroatoms. The second-order valence-electron chi connectivity index (χ2n) is 3.59. The number of hydrogen-bond acceptors (Lipinski definition) is 3. The van der Waals surface area contributed by atoms with Gasteiger partial charge in [0.15, 0.2) is 0 Å². The number of carbonyl (C=O) groups excluding carboxylic acids is 1. The molecule has 80 valence electrons. The molecule has 2 rings (SSSR count). The Balaban J connectivity index is 2.01. The quantitative estimate of drug-likeness (QED) is 0.625. The smallest absolute Gasteiger partial charge is 0.309 e. The maximum Gasteiger partial charge on any atom is 0.309 e. The molecule has 1 aromatic rings. The molecule has 0 bridgehead atoms. The van der Waals surface area contributed by atoms with E-state index in [9.17, 15) is 4.79 Å². The van der Waals surface area contributed by atoms with Crippen LogP contribution in [0.25, 0.3) is 0 Å². The van der Waals surface area contributed by atoms with Gasteiger partial charge in [0.05, 0.1) is 12.5 Å². The highest BCUT2D eigenvalue weighted by atomic mass is 79.9. The molecule has 0 unspecified atom stereocenters. The van der Waals surface area contributed by atoms with Crippen molar-refractivity contribution in [1.29, 1.82) is 0 Å². The maximum atomic E-state index is 11.4. The van der Waals surface area contributed by atoms with Crippen LogP contribution in [0.15, 0.2) is 22.8 Å². The molecular weight excluding hydrogens is 258 g/mol. The van der Waals surface area contributed by atoms with Crippen LogP contribution in [0, 0.1) is 5.92 Å². The van der Waals surface area contributed by atoms with Crippen molar-refractivity contribution in [3.8, 4) is 0 Å². The predicted molar refractivity (Wildman–Crippen MR) is 59.4 cm³/mol. The van der Waals surface area contributed by atoms with Gasteiger partial charge in [-0.1, -0.05) is 6.07 Å². The van der Waals surface area contributed by atoms with Crippen LogP contribution in [-0.4, -0.2) is 17.6 Å². The topological polar surface area (TPSA) is 39.2 Å². The minimum absolute atomic E-state index is 0.0201. The SMILES string of the molecule is CCOC(=O)[C@@H]1C[C@H]1c1cccc(Br)n1. The van der Waals surface area contributed by atoms with Gasteiger partial charge in [-0.2, -0.15) is 0 Å². The molecule has 1 fully saturated rings. The molecule has 2 atom stereocenters. The first-order valence-corrected chi connectivity index (χ1v) is 5.80. The molecular formula is C11H12BrNO2. The fourth-order valence-electron chi connectivity index (χ4n) is 1.66. The van der Waals surface area contributed by atoms with Gasteiger partial charge in [0.2, 0.25) is 0 Å². The van der Waals surface area contributed by atoms with Crippen molar-refractivity contribution in [2.24, 2.45) is 5.92 Å². The van der Waals surface area contributed by atoms with Crippen LogP contribution in [0.1, 0.15) is 25.0 Å². The summed E-state index contributed by atoms with van der Waals surface area (Å²) in [4.78, 5) is 15.7. The Kier molecular flexibility index (Phi) is 3.05. The number of ether oxygens (including phenoxy) is 1. The van der Waals surface area contributed by atoms with Gasteiger partial charge in [0, 0.05) is 11.6 Å². The minimum atomic E-state index is -0.0933. The van der Waals surface area contributed by atoms with Gasteiger partial charge in [-0.15, -0.1) is 0 Å². The van der Waals surface area contributed by atoms with Crippen molar-refractivity contribution < 1.29 is 9.53 Å². The number of carbonyl (C=O) groups is 1. The normalized spacial score (nSPS) is 23.6. The summed E-state index contributed by atoms with van der Waals surface area (Å²) in [6, 6.07) is 5.77. The number of aromatic nitrogens is 1. The second kappa shape index (κ2) is 4.31. The first-order chi connectivity index (χ1) is 7.22. The average molecular weight is 270 g/mol. The van der Waals surface area contributed by atoms with Gasteiger partial charge in [0.25, 0.3) is 0 Å². The standard InChI is InChI=1S/C11H12BrNO2/c1-2-15-11(14)8-6-7(8)9-4-3-5-10(12)13-9/h3-5,7-8H,2,6H2,1H3/t7-,8-/m1/s1. The van der Waals surface area contributed by atoms with Crippen molar-refractivity contribution in [2.75, 3.05) is 6.61 Å². The van der Waals surface area contributed by atoms with E-state index in [4.69, 9.17) is 4.74 Å². The van der Waals surface area contributed by atoms with E-state index in [1.165, 1.54) is 0 Å². The van der Waals surface area contributed by atoms with E-state index in [2.05, 4.69) is 20.9 Å². The molecule has 1 aliphatic rings. The van der Waals surface area contributed by atoms with E-state index >= 15 is 0 Å². The van der Waals surface area contributed by atoms with Gasteiger partial charge in [-0.05, 0) is 41.4 Å². The Morgan fingerprint density at radius 1 is 1.67 bits per heavy atom. The van der Waals surface area contributed by atoms with E-state index < -0.39 is 0 Å². The molecule has 3 nitrogen and oxygen atoms in total. The van der Waals surface area contributed by atoms with Gasteiger partial charge in [-0.3, -0.25) is 4.79 Å². The van der Waals surface area contributed by atoms with Crippen LogP contribution in [0.3, 0.4) is 0 Å². The van der Waals surface area contributed by atoms with Crippen molar-refractivity contribution in [2.45, 2.75) is 19.3 Å². The first kappa shape index (κ1) is 10.6. The molecule has 1 saturated carbocycles. The van der Waals surface area contributed by atoms with Crippen molar-refractivity contribution in [3.05, 3.63) is 28.5 Å². The number of esters is 1. The largest absolute Gasteiger partial charge is 0.466 e. The molecule has 1 aliphatic carbocycles. The highest BCUT2D eigenvalue weighted by Crippen LogP contribution is 2.47. The number of rotatable bonds is 3. The summed E-state index contributed by atoms with van der Waals surface area (Å²) < 4.78 is 5.78. The van der Waals surface area contributed by atoms with E-state index in [0.29, 0.717) is 6.61 Å². The van der Waals surface area contributed by atoms with Gasteiger partial charge >= 0.3 is 5.97 Å². The number of pyridine rings is 1. The predicted octanol–water partition coefficient (Wildman–Crippen LogP) is 2.51. The minimum Gasteiger partial charge on any atom is -0.466 e. The maximum absolute atomic E-state index is 11.4. The molecule has 15 heavy (non-hydrogen) atoms. The molecule has 0 N–H and O–H groups in total. The third-order valence-electron chi connectivity index (χ3n) is 2.50. The van der Waals surface area contributed by atoms with Gasteiger partial charge < -0.3 is 4.74 Å². The molecule has 0 spiro atoms. The number of nitrogens with zero attached hydrogens (tertiary/aromatic N) is 1. The summed E-state index contributed by atoms with van der Waals surface area (Å²) in [7, 11) is 0. The first-order valence-electron chi connectivity index (χ1n) is 5.01. The van der Waals surface area contributed by atoms with Crippen LogP contribution in [0.2, 0.25) is 0 Å². The lowest BCUT2D eigenvalue weighted by Crippen LogP contribution is -2.07. The zero-order valence-electron chi connectivity index (χ0n) is 8.44. The fourth-order valence-corrected chi connectivity index (χ4v) is 2.02.